The molecule has 0 radical (unpaired) electrons. The summed E-state index contributed by atoms with van der Waals surface area (Å²) in [6, 6.07) is 4.20. The van der Waals surface area contributed by atoms with Crippen molar-refractivity contribution in [1.82, 2.24) is 15.2 Å². The van der Waals surface area contributed by atoms with Crippen molar-refractivity contribution in [3.63, 3.8) is 0 Å². The number of nitrogens with zero attached hydrogens (tertiary/aromatic N) is 2. The summed E-state index contributed by atoms with van der Waals surface area (Å²) in [6.45, 7) is 0. The molecule has 0 aliphatic heterocycles. The number of amides is 1. The molecular formula is C9H7ClN4O2. The molecule has 7 heteroatoms. The number of hydrogen-bond donors (Lipinski definition) is 3. The molecule has 2 aromatic rings. The molecule has 6 nitrogen and oxygen atoms in total. The van der Waals surface area contributed by atoms with Crippen LogP contribution in [0.15, 0.2) is 24.5 Å². The number of anilines is 1. The van der Waals surface area contributed by atoms with Gasteiger partial charge in [-0.2, -0.15) is 10.1 Å². The van der Waals surface area contributed by atoms with Crippen LogP contribution in [0.2, 0.25) is 5.02 Å². The Bertz CT molecular complexity index is 512. The summed E-state index contributed by atoms with van der Waals surface area (Å²) >= 11 is 5.72. The van der Waals surface area contributed by atoms with Crippen molar-refractivity contribution in [2.45, 2.75) is 0 Å². The molecule has 0 fully saturated rings. The van der Waals surface area contributed by atoms with Gasteiger partial charge in [0.15, 0.2) is 0 Å². The van der Waals surface area contributed by atoms with E-state index in [1.807, 2.05) is 0 Å². The molecule has 2 rings (SSSR count). The Balaban J connectivity index is 2.24. The van der Waals surface area contributed by atoms with Gasteiger partial charge in [-0.05, 0) is 18.2 Å². The summed E-state index contributed by atoms with van der Waals surface area (Å²) < 4.78 is 0. The summed E-state index contributed by atoms with van der Waals surface area (Å²) in [4.78, 5) is 15.4. The molecule has 0 spiro atoms. The van der Waals surface area contributed by atoms with E-state index in [-0.39, 0.29) is 17.3 Å². The van der Waals surface area contributed by atoms with Gasteiger partial charge in [0.1, 0.15) is 12.1 Å². The first-order valence-electron chi connectivity index (χ1n) is 4.32. The number of carbonyl (C=O) groups is 1. The van der Waals surface area contributed by atoms with Gasteiger partial charge in [-0.15, -0.1) is 0 Å². The molecule has 1 aromatic carbocycles. The minimum absolute atomic E-state index is 0.0731. The van der Waals surface area contributed by atoms with Gasteiger partial charge in [0.05, 0.1) is 5.56 Å². The van der Waals surface area contributed by atoms with E-state index < -0.39 is 5.91 Å². The molecule has 0 atom stereocenters. The molecule has 0 aliphatic carbocycles. The van der Waals surface area contributed by atoms with Crippen molar-refractivity contribution in [3.8, 4) is 5.75 Å². The monoisotopic (exact) mass is 238 g/mol. The zero-order valence-corrected chi connectivity index (χ0v) is 8.69. The number of aromatic amines is 1. The summed E-state index contributed by atoms with van der Waals surface area (Å²) in [5.74, 6) is -0.470. The van der Waals surface area contributed by atoms with E-state index >= 15 is 0 Å². The molecule has 3 N–H and O–H groups in total. The highest BCUT2D eigenvalue weighted by molar-refractivity contribution is 6.31. The van der Waals surface area contributed by atoms with Crippen LogP contribution < -0.4 is 5.32 Å². The summed E-state index contributed by atoms with van der Waals surface area (Å²) in [6.07, 6.45) is 1.26. The third-order valence-corrected chi connectivity index (χ3v) is 2.09. The SMILES string of the molecule is O=C(Nc1ncn[nH]1)c1cc(Cl)ccc1O. The van der Waals surface area contributed by atoms with E-state index in [1.54, 1.807) is 0 Å². The lowest BCUT2D eigenvalue weighted by molar-refractivity contribution is 0.102. The smallest absolute Gasteiger partial charge is 0.261 e. The second kappa shape index (κ2) is 4.19. The Labute approximate surface area is 95.3 Å². The quantitative estimate of drug-likeness (QED) is 0.738. The number of H-pyrrole nitrogens is 1. The fourth-order valence-electron chi connectivity index (χ4n) is 1.13. The number of carbonyl (C=O) groups excluding carboxylic acids is 1. The molecule has 0 saturated heterocycles. The van der Waals surface area contributed by atoms with Crippen LogP contribution in [0.5, 0.6) is 5.75 Å². The second-order valence-corrected chi connectivity index (χ2v) is 3.39. The summed E-state index contributed by atoms with van der Waals surface area (Å²) in [5.41, 5.74) is 0.0731. The van der Waals surface area contributed by atoms with Crippen LogP contribution in [0.4, 0.5) is 5.95 Å². The second-order valence-electron chi connectivity index (χ2n) is 2.95. The Kier molecular flexibility index (Phi) is 2.74. The number of halogens is 1. The van der Waals surface area contributed by atoms with Crippen LogP contribution in [0, 0.1) is 0 Å². The largest absolute Gasteiger partial charge is 0.507 e. The lowest BCUT2D eigenvalue weighted by Crippen LogP contribution is -2.13. The Hall–Kier alpha value is -2.08. The molecule has 82 valence electrons. The first-order valence-corrected chi connectivity index (χ1v) is 4.70. The number of aromatic nitrogens is 3. The van der Waals surface area contributed by atoms with Crippen LogP contribution in [-0.2, 0) is 0 Å². The van der Waals surface area contributed by atoms with Gasteiger partial charge < -0.3 is 5.11 Å². The lowest BCUT2D eigenvalue weighted by atomic mass is 10.2. The third-order valence-electron chi connectivity index (χ3n) is 1.85. The van der Waals surface area contributed by atoms with Crippen molar-refractivity contribution in [2.75, 3.05) is 5.32 Å². The maximum Gasteiger partial charge on any atom is 0.261 e. The Morgan fingerprint density at radius 3 is 3.00 bits per heavy atom. The van der Waals surface area contributed by atoms with Gasteiger partial charge in [-0.1, -0.05) is 11.6 Å². The fraction of sp³-hybridized carbons (Fsp3) is 0. The molecule has 0 aliphatic rings. The number of aromatic hydroxyl groups is 1. The van der Waals surface area contributed by atoms with Gasteiger partial charge >= 0.3 is 0 Å². The molecule has 1 aromatic heterocycles. The van der Waals surface area contributed by atoms with Crippen LogP contribution in [-0.4, -0.2) is 26.2 Å². The van der Waals surface area contributed by atoms with Gasteiger partial charge in [-0.3, -0.25) is 10.1 Å². The molecule has 0 saturated carbocycles. The lowest BCUT2D eigenvalue weighted by Gasteiger charge is -2.04. The average Bonchev–Trinajstić information content (AvgIpc) is 2.74. The number of phenolic OH excluding ortho intramolecular Hbond substituents is 1. The van der Waals surface area contributed by atoms with Crippen molar-refractivity contribution in [2.24, 2.45) is 0 Å². The molecule has 0 bridgehead atoms. The van der Waals surface area contributed by atoms with Crippen molar-refractivity contribution >= 4 is 23.5 Å². The van der Waals surface area contributed by atoms with E-state index in [9.17, 15) is 9.90 Å². The van der Waals surface area contributed by atoms with Gasteiger partial charge in [0.2, 0.25) is 5.95 Å². The minimum Gasteiger partial charge on any atom is -0.507 e. The van der Waals surface area contributed by atoms with E-state index in [4.69, 9.17) is 11.6 Å². The zero-order chi connectivity index (χ0) is 11.5. The molecule has 16 heavy (non-hydrogen) atoms. The highest BCUT2D eigenvalue weighted by Gasteiger charge is 2.12. The van der Waals surface area contributed by atoms with E-state index in [1.165, 1.54) is 24.5 Å². The Morgan fingerprint density at radius 1 is 1.50 bits per heavy atom. The van der Waals surface area contributed by atoms with E-state index in [2.05, 4.69) is 20.5 Å². The van der Waals surface area contributed by atoms with E-state index in [0.717, 1.165) is 0 Å². The highest BCUT2D eigenvalue weighted by atomic mass is 35.5. The minimum atomic E-state index is -0.517. The number of phenols is 1. The first-order chi connectivity index (χ1) is 7.66. The molecule has 1 heterocycles. The van der Waals surface area contributed by atoms with Crippen molar-refractivity contribution in [1.29, 1.82) is 0 Å². The normalized spacial score (nSPS) is 10.1. The summed E-state index contributed by atoms with van der Waals surface area (Å²) in [7, 11) is 0. The van der Waals surface area contributed by atoms with Crippen molar-refractivity contribution < 1.29 is 9.90 Å². The van der Waals surface area contributed by atoms with Gasteiger partial charge in [-0.25, -0.2) is 5.10 Å². The van der Waals surface area contributed by atoms with Gasteiger partial charge in [0, 0.05) is 5.02 Å². The molecule has 0 unspecified atom stereocenters. The maximum absolute atomic E-state index is 11.7. The predicted octanol–water partition coefficient (Wildman–Crippen LogP) is 1.42. The average molecular weight is 239 g/mol. The third kappa shape index (κ3) is 2.12. The van der Waals surface area contributed by atoms with Crippen LogP contribution >= 0.6 is 11.6 Å². The highest BCUT2D eigenvalue weighted by Crippen LogP contribution is 2.21. The van der Waals surface area contributed by atoms with Crippen LogP contribution in [0.1, 0.15) is 10.4 Å². The number of rotatable bonds is 2. The van der Waals surface area contributed by atoms with Crippen molar-refractivity contribution in [3.05, 3.63) is 35.1 Å². The zero-order valence-electron chi connectivity index (χ0n) is 7.94. The maximum atomic E-state index is 11.7. The Morgan fingerprint density at radius 2 is 2.31 bits per heavy atom. The molecule has 1 amide bonds. The van der Waals surface area contributed by atoms with Crippen LogP contribution in [0.25, 0.3) is 0 Å². The number of nitrogens with one attached hydrogen (secondary N) is 2. The predicted molar refractivity (Wildman–Crippen MR) is 57.5 cm³/mol. The fourth-order valence-corrected chi connectivity index (χ4v) is 1.30. The number of benzene rings is 1. The topological polar surface area (TPSA) is 90.9 Å². The first kappa shape index (κ1) is 10.4. The van der Waals surface area contributed by atoms with Gasteiger partial charge in [0.25, 0.3) is 5.91 Å². The van der Waals surface area contributed by atoms with Crippen LogP contribution in [0.3, 0.4) is 0 Å². The standard InChI is InChI=1S/C9H7ClN4O2/c10-5-1-2-7(15)6(3-5)8(16)13-9-11-4-12-14-9/h1-4,15H,(H2,11,12,13,14,16). The molecular weight excluding hydrogens is 232 g/mol. The number of hydrogen-bond acceptors (Lipinski definition) is 4. The van der Waals surface area contributed by atoms with E-state index in [0.29, 0.717) is 5.02 Å². The summed E-state index contributed by atoms with van der Waals surface area (Å²) in [5, 5.41) is 18.3.